The van der Waals surface area contributed by atoms with Gasteiger partial charge in [-0.2, -0.15) is 4.31 Å². The third kappa shape index (κ3) is 9.06. The van der Waals surface area contributed by atoms with Crippen molar-refractivity contribution in [2.75, 3.05) is 32.8 Å². The minimum absolute atomic E-state index is 0.186. The lowest BCUT2D eigenvalue weighted by molar-refractivity contribution is 0.104. The zero-order valence-electron chi connectivity index (χ0n) is 23.4. The maximum absolute atomic E-state index is 13.1. The molecule has 0 saturated carbocycles. The fourth-order valence-corrected chi connectivity index (χ4v) is 6.26. The molecule has 0 aliphatic carbocycles. The Morgan fingerprint density at radius 3 is 2.20 bits per heavy atom. The molecule has 3 aromatic carbocycles. The highest BCUT2D eigenvalue weighted by atomic mass is 32.2. The van der Waals surface area contributed by atoms with Crippen LogP contribution in [0.2, 0.25) is 0 Å². The minimum atomic E-state index is -3.46. The number of nitrogens with zero attached hydrogens (tertiary/aromatic N) is 1. The number of unbranched alkanes of at least 4 members (excludes halogenated alkanes) is 1. The molecule has 0 unspecified atom stereocenters. The van der Waals surface area contributed by atoms with Crippen LogP contribution >= 0.6 is 0 Å². The third-order valence-electron chi connectivity index (χ3n) is 7.28. The zero-order chi connectivity index (χ0) is 28.2. The minimum Gasteiger partial charge on any atom is -0.491 e. The van der Waals surface area contributed by atoms with Crippen LogP contribution in [0.5, 0.6) is 11.5 Å². The lowest BCUT2D eigenvalue weighted by atomic mass is 9.98. The van der Waals surface area contributed by atoms with Crippen LogP contribution in [-0.4, -0.2) is 56.7 Å². The molecule has 0 bridgehead atoms. The van der Waals surface area contributed by atoms with Gasteiger partial charge in [0.15, 0.2) is 0 Å². The summed E-state index contributed by atoms with van der Waals surface area (Å²) in [4.78, 5) is 0.377. The van der Waals surface area contributed by atoms with Crippen LogP contribution in [0.15, 0.2) is 83.8 Å². The van der Waals surface area contributed by atoms with E-state index in [0.717, 1.165) is 50.0 Å². The molecule has 0 amide bonds. The van der Waals surface area contributed by atoms with Crippen LogP contribution in [0, 0.1) is 5.92 Å². The number of aliphatic hydroxyl groups excluding tert-OH is 1. The van der Waals surface area contributed by atoms with E-state index in [1.807, 2.05) is 66.7 Å². The van der Waals surface area contributed by atoms with Gasteiger partial charge in [0, 0.05) is 19.6 Å². The predicted octanol–water partition coefficient (Wildman–Crippen LogP) is 5.04. The molecule has 4 rings (SSSR count). The fourth-order valence-electron chi connectivity index (χ4n) is 4.79. The summed E-state index contributed by atoms with van der Waals surface area (Å²) in [5.41, 5.74) is 2.29. The molecule has 1 aliphatic heterocycles. The number of ether oxygens (including phenoxy) is 2. The molecule has 1 atom stereocenters. The molecule has 3 aromatic rings. The summed E-state index contributed by atoms with van der Waals surface area (Å²) >= 11 is 0. The molecule has 0 spiro atoms. The number of rotatable bonds is 15. The molecular formula is C32H42N2O5S. The van der Waals surface area contributed by atoms with Crippen molar-refractivity contribution >= 4 is 10.0 Å². The van der Waals surface area contributed by atoms with E-state index in [9.17, 15) is 13.5 Å². The Labute approximate surface area is 239 Å². The Kier molecular flexibility index (Phi) is 11.4. The van der Waals surface area contributed by atoms with E-state index < -0.39 is 16.1 Å². The fraction of sp³-hybridized carbons (Fsp3) is 0.438. The van der Waals surface area contributed by atoms with E-state index in [1.165, 1.54) is 5.56 Å². The van der Waals surface area contributed by atoms with Gasteiger partial charge in [0.05, 0.1) is 4.90 Å². The molecule has 1 fully saturated rings. The Hall–Kier alpha value is -2.91. The first-order chi connectivity index (χ1) is 19.4. The molecule has 8 heteroatoms. The van der Waals surface area contributed by atoms with Gasteiger partial charge in [-0.05, 0) is 85.7 Å². The quantitative estimate of drug-likeness (QED) is 0.268. The molecule has 40 heavy (non-hydrogen) atoms. The van der Waals surface area contributed by atoms with Gasteiger partial charge in [0.2, 0.25) is 10.0 Å². The maximum Gasteiger partial charge on any atom is 0.243 e. The smallest absolute Gasteiger partial charge is 0.243 e. The van der Waals surface area contributed by atoms with Crippen molar-refractivity contribution in [3.8, 4) is 11.5 Å². The first-order valence-corrected chi connectivity index (χ1v) is 15.8. The van der Waals surface area contributed by atoms with Crippen LogP contribution in [-0.2, 0) is 23.1 Å². The topological polar surface area (TPSA) is 88.1 Å². The first-order valence-electron chi connectivity index (χ1n) is 14.3. The highest BCUT2D eigenvalue weighted by molar-refractivity contribution is 7.89. The number of nitrogens with one attached hydrogen (secondary N) is 1. The predicted molar refractivity (Wildman–Crippen MR) is 158 cm³/mol. The van der Waals surface area contributed by atoms with E-state index in [2.05, 4.69) is 12.2 Å². The van der Waals surface area contributed by atoms with Crippen molar-refractivity contribution in [1.82, 2.24) is 9.62 Å². The number of aryl methyl sites for hydroxylation is 1. The first kappa shape index (κ1) is 30.1. The highest BCUT2D eigenvalue weighted by Gasteiger charge is 2.29. The third-order valence-corrected chi connectivity index (χ3v) is 9.19. The Morgan fingerprint density at radius 2 is 1.55 bits per heavy atom. The molecule has 2 N–H and O–H groups in total. The SMILES string of the molecule is CCCCc1ccc(S(=O)(=O)N2CCC(CNC[C@H](O)COc3ccc(OCc4ccccc4)cc3)CC2)cc1. The van der Waals surface area contributed by atoms with E-state index >= 15 is 0 Å². The molecule has 216 valence electrons. The van der Waals surface area contributed by atoms with Crippen molar-refractivity contribution in [3.63, 3.8) is 0 Å². The van der Waals surface area contributed by atoms with Crippen LogP contribution in [0.1, 0.15) is 43.7 Å². The second kappa shape index (κ2) is 15.2. The number of aliphatic hydroxyl groups is 1. The molecule has 1 saturated heterocycles. The summed E-state index contributed by atoms with van der Waals surface area (Å²) in [6, 6.07) is 24.7. The van der Waals surface area contributed by atoms with Crippen LogP contribution in [0.4, 0.5) is 0 Å². The summed E-state index contributed by atoms with van der Waals surface area (Å²) in [6.07, 6.45) is 4.16. The molecular weight excluding hydrogens is 524 g/mol. The van der Waals surface area contributed by atoms with Crippen molar-refractivity contribution in [2.24, 2.45) is 5.92 Å². The second-order valence-corrected chi connectivity index (χ2v) is 12.4. The van der Waals surface area contributed by atoms with Gasteiger partial charge in [0.1, 0.15) is 30.8 Å². The van der Waals surface area contributed by atoms with Gasteiger partial charge in [-0.1, -0.05) is 55.8 Å². The summed E-state index contributed by atoms with van der Waals surface area (Å²) in [5.74, 6) is 1.81. The monoisotopic (exact) mass is 566 g/mol. The van der Waals surface area contributed by atoms with Crippen LogP contribution in [0.3, 0.4) is 0 Å². The summed E-state index contributed by atoms with van der Waals surface area (Å²) < 4.78 is 39.3. The van der Waals surface area contributed by atoms with Crippen molar-refractivity contribution < 1.29 is 23.0 Å². The Balaban J connectivity index is 1.11. The lowest BCUT2D eigenvalue weighted by Gasteiger charge is -2.31. The maximum atomic E-state index is 13.1. The van der Waals surface area contributed by atoms with E-state index in [-0.39, 0.29) is 6.61 Å². The van der Waals surface area contributed by atoms with Crippen molar-refractivity contribution in [2.45, 2.75) is 56.6 Å². The van der Waals surface area contributed by atoms with Crippen LogP contribution < -0.4 is 14.8 Å². The van der Waals surface area contributed by atoms with Crippen LogP contribution in [0.25, 0.3) is 0 Å². The average molecular weight is 567 g/mol. The number of hydrogen-bond donors (Lipinski definition) is 2. The number of hydrogen-bond acceptors (Lipinski definition) is 6. The van der Waals surface area contributed by atoms with Crippen molar-refractivity contribution in [3.05, 3.63) is 90.0 Å². The lowest BCUT2D eigenvalue weighted by Crippen LogP contribution is -2.42. The largest absolute Gasteiger partial charge is 0.491 e. The zero-order valence-corrected chi connectivity index (χ0v) is 24.2. The molecule has 0 radical (unpaired) electrons. The summed E-state index contributed by atoms with van der Waals surface area (Å²) in [6.45, 7) is 5.04. The van der Waals surface area contributed by atoms with E-state index in [1.54, 1.807) is 16.4 Å². The number of sulfonamides is 1. The van der Waals surface area contributed by atoms with Gasteiger partial charge in [0.25, 0.3) is 0 Å². The molecule has 1 heterocycles. The molecule has 0 aromatic heterocycles. The van der Waals surface area contributed by atoms with Crippen molar-refractivity contribution in [1.29, 1.82) is 0 Å². The van der Waals surface area contributed by atoms with Gasteiger partial charge in [-0.3, -0.25) is 0 Å². The summed E-state index contributed by atoms with van der Waals surface area (Å²) in [7, 11) is -3.46. The van der Waals surface area contributed by atoms with E-state index in [4.69, 9.17) is 9.47 Å². The van der Waals surface area contributed by atoms with Gasteiger partial charge < -0.3 is 19.9 Å². The molecule has 7 nitrogen and oxygen atoms in total. The van der Waals surface area contributed by atoms with Gasteiger partial charge in [-0.15, -0.1) is 0 Å². The summed E-state index contributed by atoms with van der Waals surface area (Å²) in [5, 5.41) is 13.7. The van der Waals surface area contributed by atoms with Gasteiger partial charge >= 0.3 is 0 Å². The second-order valence-electron chi connectivity index (χ2n) is 10.5. The Bertz CT molecular complexity index is 1240. The van der Waals surface area contributed by atoms with Gasteiger partial charge in [-0.25, -0.2) is 8.42 Å². The number of piperidine rings is 1. The normalized spacial score (nSPS) is 15.6. The highest BCUT2D eigenvalue weighted by Crippen LogP contribution is 2.24. The average Bonchev–Trinajstić information content (AvgIpc) is 2.99. The number of benzene rings is 3. The standard InChI is InChI=1S/C32H42N2O5S/c1-2-3-7-26-10-16-32(17-11-26)40(36,37)34-20-18-27(19-21-34)22-33-23-29(35)25-39-31-14-12-30(13-15-31)38-24-28-8-5-4-6-9-28/h4-6,8-17,27,29,33,35H,2-3,7,18-25H2,1H3/t29-/m0/s1. The Morgan fingerprint density at radius 1 is 0.900 bits per heavy atom. The molecule has 1 aliphatic rings. The van der Waals surface area contributed by atoms with E-state index in [0.29, 0.717) is 42.8 Å².